The molecule has 0 bridgehead atoms. The zero-order valence-electron chi connectivity index (χ0n) is 16.3. The van der Waals surface area contributed by atoms with Crippen LogP contribution in [-0.2, 0) is 11.3 Å². The van der Waals surface area contributed by atoms with E-state index >= 15 is 0 Å². The van der Waals surface area contributed by atoms with Crippen LogP contribution in [0.15, 0.2) is 23.3 Å². The number of halogens is 1. The maximum atomic E-state index is 5.60. The fourth-order valence-corrected chi connectivity index (χ4v) is 2.72. The van der Waals surface area contributed by atoms with Crippen molar-refractivity contribution >= 4 is 35.8 Å². The summed E-state index contributed by atoms with van der Waals surface area (Å²) in [6, 6.07) is 4.25. The third kappa shape index (κ3) is 8.53. The standard InChI is InChI=1S/C19H33N5O.HI/c1-16(2)8-12-25-13-9-21-19(20-3)23-15-17-6-7-18(22-14-17)24-10-4-5-11-24;/h6-7,14,16H,4-5,8-13,15H2,1-3H3,(H2,20,21,23);1H. The number of pyridine rings is 1. The highest BCUT2D eigenvalue weighted by molar-refractivity contribution is 14.0. The molecule has 1 aromatic rings. The molecule has 1 aromatic heterocycles. The van der Waals surface area contributed by atoms with Gasteiger partial charge in [0.15, 0.2) is 5.96 Å². The Morgan fingerprint density at radius 3 is 2.62 bits per heavy atom. The van der Waals surface area contributed by atoms with E-state index in [0.29, 0.717) is 19.1 Å². The second-order valence-corrected chi connectivity index (χ2v) is 6.87. The molecule has 0 amide bonds. The van der Waals surface area contributed by atoms with Gasteiger partial charge in [-0.05, 0) is 36.8 Å². The van der Waals surface area contributed by atoms with Crippen LogP contribution in [0.3, 0.4) is 0 Å². The number of aromatic nitrogens is 1. The van der Waals surface area contributed by atoms with Crippen LogP contribution < -0.4 is 15.5 Å². The molecule has 0 unspecified atom stereocenters. The minimum atomic E-state index is 0. The second kappa shape index (κ2) is 13.1. The molecule has 1 aliphatic heterocycles. The Kier molecular flexibility index (Phi) is 11.6. The number of ether oxygens (including phenoxy) is 1. The van der Waals surface area contributed by atoms with Crippen molar-refractivity contribution in [1.82, 2.24) is 15.6 Å². The summed E-state index contributed by atoms with van der Waals surface area (Å²) in [6.45, 7) is 9.64. The molecule has 1 aliphatic rings. The van der Waals surface area contributed by atoms with Gasteiger partial charge < -0.3 is 20.3 Å². The van der Waals surface area contributed by atoms with Crippen molar-refractivity contribution < 1.29 is 4.74 Å². The average Bonchev–Trinajstić information content (AvgIpc) is 3.15. The van der Waals surface area contributed by atoms with Crippen LogP contribution >= 0.6 is 24.0 Å². The van der Waals surface area contributed by atoms with Gasteiger partial charge in [0.1, 0.15) is 5.82 Å². The lowest BCUT2D eigenvalue weighted by atomic mass is 10.1. The SMILES string of the molecule is CN=C(NCCOCCC(C)C)NCc1ccc(N2CCCC2)nc1.I. The largest absolute Gasteiger partial charge is 0.380 e. The first-order chi connectivity index (χ1) is 12.2. The van der Waals surface area contributed by atoms with Gasteiger partial charge in [-0.1, -0.05) is 19.9 Å². The first-order valence-electron chi connectivity index (χ1n) is 9.41. The summed E-state index contributed by atoms with van der Waals surface area (Å²) < 4.78 is 5.60. The minimum Gasteiger partial charge on any atom is -0.380 e. The van der Waals surface area contributed by atoms with Crippen LogP contribution in [-0.4, -0.2) is 50.8 Å². The average molecular weight is 475 g/mol. The summed E-state index contributed by atoms with van der Waals surface area (Å²) in [7, 11) is 1.78. The highest BCUT2D eigenvalue weighted by Gasteiger charge is 2.12. The van der Waals surface area contributed by atoms with Gasteiger partial charge in [0, 0.05) is 46.0 Å². The predicted molar refractivity (Wildman–Crippen MR) is 120 cm³/mol. The monoisotopic (exact) mass is 475 g/mol. The molecule has 0 atom stereocenters. The molecular formula is C19H34IN5O. The lowest BCUT2D eigenvalue weighted by Gasteiger charge is -2.16. The predicted octanol–water partition coefficient (Wildman–Crippen LogP) is 3.03. The molecule has 148 valence electrons. The number of nitrogens with one attached hydrogen (secondary N) is 2. The lowest BCUT2D eigenvalue weighted by Crippen LogP contribution is -2.38. The summed E-state index contributed by atoms with van der Waals surface area (Å²) in [5.74, 6) is 2.56. The number of aliphatic imine (C=N–C) groups is 1. The van der Waals surface area contributed by atoms with Crippen molar-refractivity contribution in [3.8, 4) is 0 Å². The Morgan fingerprint density at radius 2 is 2.00 bits per heavy atom. The van der Waals surface area contributed by atoms with E-state index in [2.05, 4.69) is 51.5 Å². The molecule has 26 heavy (non-hydrogen) atoms. The van der Waals surface area contributed by atoms with Gasteiger partial charge in [0.2, 0.25) is 0 Å². The number of guanidine groups is 1. The molecule has 0 radical (unpaired) electrons. The quantitative estimate of drug-likeness (QED) is 0.249. The first kappa shape index (κ1) is 23.0. The van der Waals surface area contributed by atoms with E-state index in [-0.39, 0.29) is 24.0 Å². The van der Waals surface area contributed by atoms with Gasteiger partial charge >= 0.3 is 0 Å². The van der Waals surface area contributed by atoms with Crippen molar-refractivity contribution in [2.24, 2.45) is 10.9 Å². The number of hydrogen-bond donors (Lipinski definition) is 2. The highest BCUT2D eigenvalue weighted by atomic mass is 127. The van der Waals surface area contributed by atoms with E-state index in [1.54, 1.807) is 7.05 Å². The Bertz CT molecular complexity index is 515. The summed E-state index contributed by atoms with van der Waals surface area (Å²) in [5.41, 5.74) is 1.15. The zero-order chi connectivity index (χ0) is 17.9. The smallest absolute Gasteiger partial charge is 0.191 e. The molecule has 7 heteroatoms. The Labute approximate surface area is 175 Å². The molecule has 0 spiro atoms. The molecule has 2 heterocycles. The summed E-state index contributed by atoms with van der Waals surface area (Å²) in [4.78, 5) is 11.2. The number of hydrogen-bond acceptors (Lipinski definition) is 4. The van der Waals surface area contributed by atoms with Crippen molar-refractivity contribution in [2.75, 3.05) is 44.8 Å². The Morgan fingerprint density at radius 1 is 1.23 bits per heavy atom. The summed E-state index contributed by atoms with van der Waals surface area (Å²) >= 11 is 0. The lowest BCUT2D eigenvalue weighted by molar-refractivity contribution is 0.128. The van der Waals surface area contributed by atoms with E-state index in [4.69, 9.17) is 4.74 Å². The minimum absolute atomic E-state index is 0. The maximum absolute atomic E-state index is 5.60. The van der Waals surface area contributed by atoms with Crippen LogP contribution in [0.5, 0.6) is 0 Å². The van der Waals surface area contributed by atoms with E-state index in [9.17, 15) is 0 Å². The van der Waals surface area contributed by atoms with Gasteiger partial charge in [-0.2, -0.15) is 0 Å². The van der Waals surface area contributed by atoms with Crippen molar-refractivity contribution in [3.05, 3.63) is 23.9 Å². The van der Waals surface area contributed by atoms with Crippen molar-refractivity contribution in [1.29, 1.82) is 0 Å². The summed E-state index contributed by atoms with van der Waals surface area (Å²) in [5, 5.41) is 6.58. The van der Waals surface area contributed by atoms with E-state index in [0.717, 1.165) is 50.0 Å². The fraction of sp³-hybridized carbons (Fsp3) is 0.684. The van der Waals surface area contributed by atoms with Gasteiger partial charge in [0.05, 0.1) is 6.61 Å². The highest BCUT2D eigenvalue weighted by Crippen LogP contribution is 2.17. The molecular weight excluding hydrogens is 441 g/mol. The molecule has 2 rings (SSSR count). The topological polar surface area (TPSA) is 61.8 Å². The normalized spacial score (nSPS) is 14.5. The molecule has 1 fully saturated rings. The molecule has 2 N–H and O–H groups in total. The second-order valence-electron chi connectivity index (χ2n) is 6.87. The van der Waals surface area contributed by atoms with Gasteiger partial charge in [-0.15, -0.1) is 24.0 Å². The van der Waals surface area contributed by atoms with Crippen LogP contribution in [0.25, 0.3) is 0 Å². The Balaban J connectivity index is 0.00000338. The van der Waals surface area contributed by atoms with E-state index in [1.807, 2.05) is 6.20 Å². The molecule has 0 aliphatic carbocycles. The van der Waals surface area contributed by atoms with Crippen LogP contribution in [0.4, 0.5) is 5.82 Å². The molecule has 6 nitrogen and oxygen atoms in total. The number of rotatable bonds is 9. The first-order valence-corrected chi connectivity index (χ1v) is 9.41. The third-order valence-electron chi connectivity index (χ3n) is 4.30. The summed E-state index contributed by atoms with van der Waals surface area (Å²) in [6.07, 6.45) is 5.60. The fourth-order valence-electron chi connectivity index (χ4n) is 2.72. The number of nitrogens with zero attached hydrogens (tertiary/aromatic N) is 3. The van der Waals surface area contributed by atoms with Crippen LogP contribution in [0.2, 0.25) is 0 Å². The molecule has 1 saturated heterocycles. The van der Waals surface area contributed by atoms with Crippen molar-refractivity contribution in [3.63, 3.8) is 0 Å². The van der Waals surface area contributed by atoms with E-state index < -0.39 is 0 Å². The third-order valence-corrected chi connectivity index (χ3v) is 4.30. The Hall–Kier alpha value is -1.09. The van der Waals surface area contributed by atoms with E-state index in [1.165, 1.54) is 12.8 Å². The van der Waals surface area contributed by atoms with Crippen LogP contribution in [0.1, 0.15) is 38.7 Å². The zero-order valence-corrected chi connectivity index (χ0v) is 18.7. The van der Waals surface area contributed by atoms with Gasteiger partial charge in [-0.3, -0.25) is 4.99 Å². The van der Waals surface area contributed by atoms with Gasteiger partial charge in [0.25, 0.3) is 0 Å². The van der Waals surface area contributed by atoms with Crippen LogP contribution in [0, 0.1) is 5.92 Å². The van der Waals surface area contributed by atoms with Crippen molar-refractivity contribution in [2.45, 2.75) is 39.7 Å². The number of anilines is 1. The van der Waals surface area contributed by atoms with Gasteiger partial charge in [-0.25, -0.2) is 4.98 Å². The molecule has 0 aromatic carbocycles. The molecule has 0 saturated carbocycles. The maximum Gasteiger partial charge on any atom is 0.191 e.